The third-order valence-electron chi connectivity index (χ3n) is 6.11. The Labute approximate surface area is 201 Å². The van der Waals surface area contributed by atoms with Crippen molar-refractivity contribution in [3.63, 3.8) is 0 Å². The predicted molar refractivity (Wildman–Crippen MR) is 141 cm³/mol. The lowest BCUT2D eigenvalue weighted by atomic mass is 9.96. The van der Waals surface area contributed by atoms with Gasteiger partial charge in [0.2, 0.25) is 0 Å². The summed E-state index contributed by atoms with van der Waals surface area (Å²) in [5.41, 5.74) is 5.27. The zero-order valence-corrected chi connectivity index (χ0v) is 20.0. The van der Waals surface area contributed by atoms with Crippen LogP contribution in [0.25, 0.3) is 10.8 Å². The standard InChI is InChI=1S/C28H35N3O3/c1-2-3-4-5-6-7-8-9-10-15-26(30-29-23-17-19-24(20-18-23)31(33)34)28-25-14-12-11-13-22(25)16-21-27(28)32/h11-14,16-21,29,32H,2-10,15H2,1H3/b30-26+. The first kappa shape index (κ1) is 25.2. The number of hydrogen-bond donors (Lipinski definition) is 2. The predicted octanol–water partition coefficient (Wildman–Crippen LogP) is 8.19. The van der Waals surface area contributed by atoms with Gasteiger partial charge in [-0.15, -0.1) is 0 Å². The van der Waals surface area contributed by atoms with E-state index in [9.17, 15) is 15.2 Å². The fourth-order valence-electron chi connectivity index (χ4n) is 4.19. The smallest absolute Gasteiger partial charge is 0.269 e. The van der Waals surface area contributed by atoms with Gasteiger partial charge in [0.25, 0.3) is 5.69 Å². The number of hydrazone groups is 1. The highest BCUT2D eigenvalue weighted by Gasteiger charge is 2.14. The van der Waals surface area contributed by atoms with Gasteiger partial charge in [0.15, 0.2) is 0 Å². The second-order valence-corrected chi connectivity index (χ2v) is 8.73. The Bertz CT molecular complexity index is 1090. The zero-order chi connectivity index (χ0) is 24.2. The molecule has 6 heteroatoms. The molecule has 0 aromatic heterocycles. The monoisotopic (exact) mass is 461 g/mol. The van der Waals surface area contributed by atoms with Crippen LogP contribution in [0.3, 0.4) is 0 Å². The van der Waals surface area contributed by atoms with E-state index in [1.165, 1.54) is 57.1 Å². The molecule has 6 nitrogen and oxygen atoms in total. The lowest BCUT2D eigenvalue weighted by Gasteiger charge is -2.13. The summed E-state index contributed by atoms with van der Waals surface area (Å²) >= 11 is 0. The summed E-state index contributed by atoms with van der Waals surface area (Å²) in [4.78, 5) is 10.5. The number of non-ortho nitro benzene ring substituents is 1. The van der Waals surface area contributed by atoms with Crippen molar-refractivity contribution in [3.8, 4) is 5.75 Å². The van der Waals surface area contributed by atoms with Crippen molar-refractivity contribution in [2.24, 2.45) is 5.10 Å². The number of anilines is 1. The Balaban J connectivity index is 1.71. The van der Waals surface area contributed by atoms with Crippen molar-refractivity contribution >= 4 is 27.9 Å². The fraction of sp³-hybridized carbons (Fsp3) is 0.393. The second-order valence-electron chi connectivity index (χ2n) is 8.73. The average Bonchev–Trinajstić information content (AvgIpc) is 2.85. The van der Waals surface area contributed by atoms with E-state index in [0.29, 0.717) is 5.69 Å². The van der Waals surface area contributed by atoms with Gasteiger partial charge in [0.1, 0.15) is 5.75 Å². The molecule has 0 amide bonds. The number of unbranched alkanes of at least 4 members (excludes halogenated alkanes) is 8. The molecule has 0 fully saturated rings. The van der Waals surface area contributed by atoms with Gasteiger partial charge >= 0.3 is 0 Å². The highest BCUT2D eigenvalue weighted by Crippen LogP contribution is 2.30. The summed E-state index contributed by atoms with van der Waals surface area (Å²) < 4.78 is 0. The van der Waals surface area contributed by atoms with Crippen LogP contribution in [-0.4, -0.2) is 15.7 Å². The summed E-state index contributed by atoms with van der Waals surface area (Å²) in [6.07, 6.45) is 11.9. The Morgan fingerprint density at radius 1 is 0.882 bits per heavy atom. The molecule has 0 radical (unpaired) electrons. The molecular weight excluding hydrogens is 426 g/mol. The lowest BCUT2D eigenvalue weighted by Crippen LogP contribution is -2.06. The van der Waals surface area contributed by atoms with Crippen LogP contribution in [0.2, 0.25) is 0 Å². The Morgan fingerprint density at radius 3 is 2.21 bits per heavy atom. The van der Waals surface area contributed by atoms with Crippen LogP contribution in [0.5, 0.6) is 5.75 Å². The molecule has 2 N–H and O–H groups in total. The maximum Gasteiger partial charge on any atom is 0.269 e. The van der Waals surface area contributed by atoms with Crippen LogP contribution >= 0.6 is 0 Å². The Kier molecular flexibility index (Phi) is 9.89. The van der Waals surface area contributed by atoms with Crippen LogP contribution in [0.1, 0.15) is 76.7 Å². The molecule has 180 valence electrons. The van der Waals surface area contributed by atoms with Gasteiger partial charge in [0.05, 0.1) is 16.3 Å². The van der Waals surface area contributed by atoms with Gasteiger partial charge in [-0.3, -0.25) is 15.5 Å². The number of rotatable bonds is 14. The summed E-state index contributed by atoms with van der Waals surface area (Å²) in [6, 6.07) is 17.8. The van der Waals surface area contributed by atoms with Crippen LogP contribution in [0.4, 0.5) is 11.4 Å². The molecule has 0 atom stereocenters. The van der Waals surface area contributed by atoms with E-state index in [0.717, 1.165) is 41.3 Å². The topological polar surface area (TPSA) is 87.8 Å². The second kappa shape index (κ2) is 13.3. The third kappa shape index (κ3) is 7.30. The van der Waals surface area contributed by atoms with Gasteiger partial charge in [0, 0.05) is 17.7 Å². The van der Waals surface area contributed by atoms with Crippen molar-refractivity contribution in [1.29, 1.82) is 0 Å². The number of aromatic hydroxyl groups is 1. The summed E-state index contributed by atoms with van der Waals surface area (Å²) in [7, 11) is 0. The molecule has 0 heterocycles. The molecular formula is C28H35N3O3. The maximum absolute atomic E-state index is 10.9. The molecule has 0 unspecified atom stereocenters. The molecule has 0 spiro atoms. The molecule has 3 aromatic rings. The first-order valence-electron chi connectivity index (χ1n) is 12.4. The number of nitro groups is 1. The first-order valence-corrected chi connectivity index (χ1v) is 12.4. The molecule has 0 saturated heterocycles. The Morgan fingerprint density at radius 2 is 1.53 bits per heavy atom. The van der Waals surface area contributed by atoms with Gasteiger partial charge in [-0.05, 0) is 41.8 Å². The van der Waals surface area contributed by atoms with E-state index in [2.05, 4.69) is 17.5 Å². The molecule has 3 aromatic carbocycles. The van der Waals surface area contributed by atoms with E-state index in [4.69, 9.17) is 0 Å². The largest absolute Gasteiger partial charge is 0.507 e. The Hall–Kier alpha value is -3.41. The molecule has 3 rings (SSSR count). The molecule has 0 aliphatic heterocycles. The zero-order valence-electron chi connectivity index (χ0n) is 20.0. The number of phenols is 1. The highest BCUT2D eigenvalue weighted by molar-refractivity contribution is 6.13. The lowest BCUT2D eigenvalue weighted by molar-refractivity contribution is -0.384. The minimum absolute atomic E-state index is 0.0381. The van der Waals surface area contributed by atoms with E-state index in [1.807, 2.05) is 30.3 Å². The minimum Gasteiger partial charge on any atom is -0.507 e. The molecule has 0 aliphatic carbocycles. The molecule has 34 heavy (non-hydrogen) atoms. The fourth-order valence-corrected chi connectivity index (χ4v) is 4.19. The average molecular weight is 462 g/mol. The normalized spacial score (nSPS) is 11.6. The van der Waals surface area contributed by atoms with Crippen molar-refractivity contribution in [2.45, 2.75) is 71.1 Å². The maximum atomic E-state index is 10.9. The number of fused-ring (bicyclic) bond motifs is 1. The van der Waals surface area contributed by atoms with Crippen LogP contribution in [-0.2, 0) is 0 Å². The first-order chi connectivity index (χ1) is 16.6. The van der Waals surface area contributed by atoms with Gasteiger partial charge < -0.3 is 5.11 Å². The summed E-state index contributed by atoms with van der Waals surface area (Å²) in [5.74, 6) is 0.207. The van der Waals surface area contributed by atoms with Crippen molar-refractivity contribution in [3.05, 3.63) is 76.3 Å². The van der Waals surface area contributed by atoms with Crippen LogP contribution < -0.4 is 5.43 Å². The molecule has 0 saturated carbocycles. The van der Waals surface area contributed by atoms with Crippen LogP contribution in [0, 0.1) is 10.1 Å². The molecule has 0 bridgehead atoms. The highest BCUT2D eigenvalue weighted by atomic mass is 16.6. The van der Waals surface area contributed by atoms with Crippen molar-refractivity contribution in [1.82, 2.24) is 0 Å². The van der Waals surface area contributed by atoms with E-state index in [-0.39, 0.29) is 11.4 Å². The van der Waals surface area contributed by atoms with E-state index >= 15 is 0 Å². The van der Waals surface area contributed by atoms with Gasteiger partial charge in [-0.1, -0.05) is 88.6 Å². The molecule has 0 aliphatic rings. The quantitative estimate of drug-likeness (QED) is 0.110. The van der Waals surface area contributed by atoms with Gasteiger partial charge in [-0.2, -0.15) is 5.10 Å². The number of phenolic OH excluding ortho intramolecular Hbond substituents is 1. The van der Waals surface area contributed by atoms with Crippen LogP contribution in [0.15, 0.2) is 65.8 Å². The number of hydrogen-bond acceptors (Lipinski definition) is 5. The minimum atomic E-state index is -0.420. The summed E-state index contributed by atoms with van der Waals surface area (Å²) in [6.45, 7) is 2.24. The number of nitrogens with zero attached hydrogens (tertiary/aromatic N) is 2. The van der Waals surface area contributed by atoms with Gasteiger partial charge in [-0.25, -0.2) is 0 Å². The number of nitrogens with one attached hydrogen (secondary N) is 1. The summed E-state index contributed by atoms with van der Waals surface area (Å²) in [5, 5.41) is 28.3. The SMILES string of the molecule is CCCCCCCCCCC/C(=N\Nc1ccc([N+](=O)[O-])cc1)c1c(O)ccc2ccccc12. The van der Waals surface area contributed by atoms with E-state index < -0.39 is 4.92 Å². The number of benzene rings is 3. The van der Waals surface area contributed by atoms with Crippen molar-refractivity contribution in [2.75, 3.05) is 5.43 Å². The van der Waals surface area contributed by atoms with Crippen molar-refractivity contribution < 1.29 is 10.0 Å². The third-order valence-corrected chi connectivity index (χ3v) is 6.11. The van der Waals surface area contributed by atoms with E-state index in [1.54, 1.807) is 18.2 Å². The number of nitro benzene ring substituents is 1.